The summed E-state index contributed by atoms with van der Waals surface area (Å²) >= 11 is 7.28. The zero-order valence-corrected chi connectivity index (χ0v) is 22.2. The smallest absolute Gasteiger partial charge is 0.336 e. The fourth-order valence-corrected chi connectivity index (χ4v) is 4.75. The number of carbonyl (C=O) groups excluding carboxylic acids is 2. The van der Waals surface area contributed by atoms with Crippen molar-refractivity contribution in [2.45, 2.75) is 26.7 Å². The van der Waals surface area contributed by atoms with Crippen LogP contribution < -0.4 is 10.6 Å². The van der Waals surface area contributed by atoms with Gasteiger partial charge >= 0.3 is 5.97 Å². The monoisotopic (exact) mass is 525 g/mol. The molecular formula is C27H28ClN3O4S. The van der Waals surface area contributed by atoms with Gasteiger partial charge in [-0.3, -0.25) is 4.79 Å². The Morgan fingerprint density at radius 1 is 1.11 bits per heavy atom. The van der Waals surface area contributed by atoms with E-state index in [1.807, 2.05) is 32.0 Å². The first-order valence-electron chi connectivity index (χ1n) is 11.3. The van der Waals surface area contributed by atoms with Gasteiger partial charge in [0.25, 0.3) is 0 Å². The first kappa shape index (κ1) is 27.3. The molecule has 0 saturated heterocycles. The molecule has 0 radical (unpaired) electrons. The summed E-state index contributed by atoms with van der Waals surface area (Å²) < 4.78 is 10.4. The fraction of sp³-hybridized carbons (Fsp3) is 0.296. The van der Waals surface area contributed by atoms with Crippen molar-refractivity contribution in [3.05, 3.63) is 86.0 Å². The van der Waals surface area contributed by atoms with Gasteiger partial charge in [0, 0.05) is 23.5 Å². The summed E-state index contributed by atoms with van der Waals surface area (Å²) in [4.78, 5) is 25.7. The maximum atomic E-state index is 13.0. The lowest BCUT2D eigenvalue weighted by Gasteiger charge is -2.29. The number of dihydropyridines is 1. The summed E-state index contributed by atoms with van der Waals surface area (Å²) in [7, 11) is 1.52. The maximum Gasteiger partial charge on any atom is 0.336 e. The number of hydrogen-bond donors (Lipinski definition) is 2. The number of nitrogens with zero attached hydrogens (tertiary/aromatic N) is 1. The lowest BCUT2D eigenvalue weighted by Crippen LogP contribution is -2.29. The van der Waals surface area contributed by atoms with E-state index in [-0.39, 0.29) is 24.9 Å². The second kappa shape index (κ2) is 12.6. The summed E-state index contributed by atoms with van der Waals surface area (Å²) in [6.45, 7) is 6.09. The summed E-state index contributed by atoms with van der Waals surface area (Å²) in [5.74, 6) is -1.34. The molecule has 0 saturated carbocycles. The molecule has 1 heterocycles. The predicted molar refractivity (Wildman–Crippen MR) is 143 cm³/mol. The van der Waals surface area contributed by atoms with E-state index in [2.05, 4.69) is 16.7 Å². The molecule has 0 spiro atoms. The quantitative estimate of drug-likeness (QED) is 0.342. The third kappa shape index (κ3) is 6.70. The molecular weight excluding hydrogens is 498 g/mol. The highest BCUT2D eigenvalue weighted by molar-refractivity contribution is 8.03. The van der Waals surface area contributed by atoms with Crippen LogP contribution in [0.1, 0.15) is 29.5 Å². The SMILES string of the molecule is COCCOC(=O)C1=C(C)NC(SCC(=O)Nc2ccc(C)c(C)c2)=C(C#N)[C@@H]1c1ccc(Cl)cc1. The van der Waals surface area contributed by atoms with Gasteiger partial charge in [0.1, 0.15) is 6.61 Å². The molecule has 1 amide bonds. The highest BCUT2D eigenvalue weighted by atomic mass is 35.5. The van der Waals surface area contributed by atoms with Gasteiger partial charge in [-0.1, -0.05) is 41.6 Å². The van der Waals surface area contributed by atoms with Crippen molar-refractivity contribution in [2.24, 2.45) is 0 Å². The molecule has 2 N–H and O–H groups in total. The third-order valence-electron chi connectivity index (χ3n) is 5.73. The Hall–Kier alpha value is -3.25. The van der Waals surface area contributed by atoms with Crippen LogP contribution in [0.4, 0.5) is 5.69 Å². The number of thioether (sulfide) groups is 1. The molecule has 0 bridgehead atoms. The zero-order chi connectivity index (χ0) is 26.2. The normalized spacial score (nSPS) is 15.3. The van der Waals surface area contributed by atoms with Crippen LogP contribution in [0.2, 0.25) is 5.02 Å². The minimum absolute atomic E-state index is 0.0780. The van der Waals surface area contributed by atoms with E-state index in [9.17, 15) is 14.9 Å². The average Bonchev–Trinajstić information content (AvgIpc) is 2.85. The highest BCUT2D eigenvalue weighted by Crippen LogP contribution is 2.41. The average molecular weight is 526 g/mol. The first-order chi connectivity index (χ1) is 17.2. The topological polar surface area (TPSA) is 100 Å². The van der Waals surface area contributed by atoms with E-state index >= 15 is 0 Å². The molecule has 2 aromatic carbocycles. The number of halogens is 1. The lowest BCUT2D eigenvalue weighted by molar-refractivity contribution is -0.140. The third-order valence-corrected chi connectivity index (χ3v) is 7.00. The van der Waals surface area contributed by atoms with E-state index in [1.54, 1.807) is 31.2 Å². The van der Waals surface area contributed by atoms with Gasteiger partial charge in [-0.25, -0.2) is 4.79 Å². The number of allylic oxidation sites excluding steroid dienone is 2. The van der Waals surface area contributed by atoms with Gasteiger partial charge in [0.15, 0.2) is 0 Å². The first-order valence-corrected chi connectivity index (χ1v) is 12.6. The molecule has 1 atom stereocenters. The number of ether oxygens (including phenoxy) is 2. The molecule has 3 rings (SSSR count). The number of anilines is 1. The van der Waals surface area contributed by atoms with Crippen LogP contribution in [-0.2, 0) is 19.1 Å². The Morgan fingerprint density at radius 3 is 2.47 bits per heavy atom. The molecule has 9 heteroatoms. The van der Waals surface area contributed by atoms with Crippen molar-refractivity contribution >= 4 is 40.9 Å². The molecule has 0 aromatic heterocycles. The van der Waals surface area contributed by atoms with Crippen molar-refractivity contribution < 1.29 is 19.1 Å². The van der Waals surface area contributed by atoms with Gasteiger partial charge in [-0.2, -0.15) is 5.26 Å². The Bertz CT molecular complexity index is 1250. The zero-order valence-electron chi connectivity index (χ0n) is 20.6. The number of benzene rings is 2. The summed E-state index contributed by atoms with van der Waals surface area (Å²) in [6.07, 6.45) is 0. The van der Waals surface area contributed by atoms with Crippen LogP contribution in [0.25, 0.3) is 0 Å². The van der Waals surface area contributed by atoms with Crippen LogP contribution >= 0.6 is 23.4 Å². The Kier molecular flexibility index (Phi) is 9.59. The van der Waals surface area contributed by atoms with Gasteiger partial charge < -0.3 is 20.1 Å². The van der Waals surface area contributed by atoms with Crippen molar-refractivity contribution in [3.63, 3.8) is 0 Å². The van der Waals surface area contributed by atoms with Crippen LogP contribution in [0.3, 0.4) is 0 Å². The second-order valence-corrected chi connectivity index (χ2v) is 9.69. The summed E-state index contributed by atoms with van der Waals surface area (Å²) in [5.41, 5.74) is 4.86. The molecule has 188 valence electrons. The van der Waals surface area contributed by atoms with E-state index in [0.717, 1.165) is 11.1 Å². The molecule has 0 fully saturated rings. The number of amides is 1. The van der Waals surface area contributed by atoms with Crippen molar-refractivity contribution in [1.82, 2.24) is 5.32 Å². The number of nitriles is 1. The lowest BCUT2D eigenvalue weighted by atomic mass is 9.82. The van der Waals surface area contributed by atoms with Crippen LogP contribution in [0.5, 0.6) is 0 Å². The van der Waals surface area contributed by atoms with Gasteiger partial charge in [-0.15, -0.1) is 0 Å². The number of methoxy groups -OCH3 is 1. The van der Waals surface area contributed by atoms with Gasteiger partial charge in [0.2, 0.25) is 5.91 Å². The second-order valence-electron chi connectivity index (χ2n) is 8.27. The minimum Gasteiger partial charge on any atom is -0.460 e. The van der Waals surface area contributed by atoms with Gasteiger partial charge in [0.05, 0.1) is 40.5 Å². The molecule has 36 heavy (non-hydrogen) atoms. The molecule has 0 unspecified atom stereocenters. The Balaban J connectivity index is 1.86. The number of nitrogens with one attached hydrogen (secondary N) is 2. The van der Waals surface area contributed by atoms with Crippen LogP contribution in [0, 0.1) is 25.2 Å². The Morgan fingerprint density at radius 2 is 1.83 bits per heavy atom. The van der Waals surface area contributed by atoms with Crippen molar-refractivity contribution in [3.8, 4) is 6.07 Å². The highest BCUT2D eigenvalue weighted by Gasteiger charge is 2.35. The molecule has 7 nitrogen and oxygen atoms in total. The summed E-state index contributed by atoms with van der Waals surface area (Å²) in [6, 6.07) is 14.9. The van der Waals surface area contributed by atoms with E-state index in [1.165, 1.54) is 18.9 Å². The van der Waals surface area contributed by atoms with Crippen molar-refractivity contribution in [2.75, 3.05) is 31.4 Å². The van der Waals surface area contributed by atoms with E-state index < -0.39 is 11.9 Å². The largest absolute Gasteiger partial charge is 0.460 e. The number of carbonyl (C=O) groups is 2. The molecule has 2 aromatic rings. The van der Waals surface area contributed by atoms with E-state index in [4.69, 9.17) is 21.1 Å². The summed E-state index contributed by atoms with van der Waals surface area (Å²) in [5, 5.41) is 17.2. The number of hydrogen-bond acceptors (Lipinski definition) is 7. The van der Waals surface area contributed by atoms with Crippen LogP contribution in [-0.4, -0.2) is 38.0 Å². The number of esters is 1. The fourth-order valence-electron chi connectivity index (χ4n) is 3.73. The predicted octanol–water partition coefficient (Wildman–Crippen LogP) is 5.21. The van der Waals surface area contributed by atoms with Gasteiger partial charge in [-0.05, 0) is 61.7 Å². The molecule has 1 aliphatic rings. The molecule has 1 aliphatic heterocycles. The number of rotatable bonds is 9. The standard InChI is InChI=1S/C27H28ClN3O4S/c1-16-5-10-21(13-17(16)2)31-23(32)15-36-26-22(14-29)25(19-6-8-20(28)9-7-19)24(18(3)30-26)27(33)35-12-11-34-4/h5-10,13,25,30H,11-12,15H2,1-4H3,(H,31,32)/t25-/m0/s1. The van der Waals surface area contributed by atoms with E-state index in [0.29, 0.717) is 38.1 Å². The maximum absolute atomic E-state index is 13.0. The number of aryl methyl sites for hydroxylation is 2. The van der Waals surface area contributed by atoms with Crippen LogP contribution in [0.15, 0.2) is 64.3 Å². The molecule has 0 aliphatic carbocycles. The Labute approximate surface area is 220 Å². The minimum atomic E-state index is -0.672. The van der Waals surface area contributed by atoms with Crippen molar-refractivity contribution in [1.29, 1.82) is 5.26 Å².